The minimum Gasteiger partial charge on any atom is -0.395 e. The molecule has 2 atom stereocenters. The number of rotatable bonds is 7. The van der Waals surface area contributed by atoms with Crippen LogP contribution in [0, 0.1) is 0 Å². The van der Waals surface area contributed by atoms with Gasteiger partial charge in [0.05, 0.1) is 6.61 Å². The van der Waals surface area contributed by atoms with E-state index in [-0.39, 0.29) is 18.1 Å². The van der Waals surface area contributed by atoms with Gasteiger partial charge in [-0.3, -0.25) is 0 Å². The molecule has 18 heavy (non-hydrogen) atoms. The van der Waals surface area contributed by atoms with E-state index in [4.69, 9.17) is 0 Å². The highest BCUT2D eigenvalue weighted by Crippen LogP contribution is 2.28. The minimum absolute atomic E-state index is 0.154. The Kier molecular flexibility index (Phi) is 5.83. The highest BCUT2D eigenvalue weighted by Gasteiger charge is 2.23. The summed E-state index contributed by atoms with van der Waals surface area (Å²) in [6.45, 7) is 9.07. The van der Waals surface area contributed by atoms with Crippen LogP contribution in [0.1, 0.15) is 46.1 Å². The molecular formula is C16H27NO. The van der Waals surface area contributed by atoms with Crippen molar-refractivity contribution in [3.8, 4) is 0 Å². The minimum atomic E-state index is 0.154. The lowest BCUT2D eigenvalue weighted by atomic mass is 9.79. The molecule has 0 bridgehead atoms. The first kappa shape index (κ1) is 15.2. The molecule has 0 radical (unpaired) electrons. The summed E-state index contributed by atoms with van der Waals surface area (Å²) in [5, 5.41) is 12.7. The van der Waals surface area contributed by atoms with Crippen molar-refractivity contribution in [2.24, 2.45) is 0 Å². The van der Waals surface area contributed by atoms with Crippen molar-refractivity contribution in [1.29, 1.82) is 0 Å². The van der Waals surface area contributed by atoms with Crippen LogP contribution in [-0.4, -0.2) is 23.8 Å². The van der Waals surface area contributed by atoms with Crippen molar-refractivity contribution in [3.05, 3.63) is 35.9 Å². The van der Waals surface area contributed by atoms with Crippen LogP contribution < -0.4 is 5.32 Å². The summed E-state index contributed by atoms with van der Waals surface area (Å²) in [7, 11) is 0. The Bertz CT molecular complexity index is 330. The third kappa shape index (κ3) is 4.43. The van der Waals surface area contributed by atoms with Crippen molar-refractivity contribution < 1.29 is 5.11 Å². The van der Waals surface area contributed by atoms with Crippen molar-refractivity contribution in [2.45, 2.75) is 58.0 Å². The average Bonchev–Trinajstić information content (AvgIpc) is 2.36. The summed E-state index contributed by atoms with van der Waals surface area (Å²) >= 11 is 0. The SMILES string of the molecule is CC[C@@H](CO)NC(C)CC(C)(C)c1ccccc1. The second-order valence-corrected chi connectivity index (χ2v) is 5.81. The van der Waals surface area contributed by atoms with Crippen LogP contribution in [0.2, 0.25) is 0 Å². The zero-order valence-corrected chi connectivity index (χ0v) is 12.1. The quantitative estimate of drug-likeness (QED) is 0.778. The van der Waals surface area contributed by atoms with Crippen molar-refractivity contribution in [1.82, 2.24) is 5.32 Å². The summed E-state index contributed by atoms with van der Waals surface area (Å²) in [5.41, 5.74) is 1.53. The van der Waals surface area contributed by atoms with E-state index in [0.29, 0.717) is 6.04 Å². The molecule has 0 aromatic heterocycles. The number of aliphatic hydroxyl groups excluding tert-OH is 1. The van der Waals surface area contributed by atoms with Gasteiger partial charge in [-0.1, -0.05) is 51.1 Å². The molecule has 102 valence electrons. The Balaban J connectivity index is 2.60. The van der Waals surface area contributed by atoms with Crippen molar-refractivity contribution in [3.63, 3.8) is 0 Å². The zero-order chi connectivity index (χ0) is 13.6. The van der Waals surface area contributed by atoms with Crippen LogP contribution in [0.25, 0.3) is 0 Å². The van der Waals surface area contributed by atoms with Gasteiger partial charge >= 0.3 is 0 Å². The number of hydrogen-bond acceptors (Lipinski definition) is 2. The van der Waals surface area contributed by atoms with Gasteiger partial charge in [0.25, 0.3) is 0 Å². The Morgan fingerprint density at radius 1 is 1.22 bits per heavy atom. The summed E-state index contributed by atoms with van der Waals surface area (Å²) in [5.74, 6) is 0. The zero-order valence-electron chi connectivity index (χ0n) is 12.1. The Morgan fingerprint density at radius 2 is 1.83 bits per heavy atom. The summed E-state index contributed by atoms with van der Waals surface area (Å²) in [4.78, 5) is 0. The van der Waals surface area contributed by atoms with Gasteiger partial charge in [-0.05, 0) is 30.7 Å². The number of benzene rings is 1. The van der Waals surface area contributed by atoms with Gasteiger partial charge in [0.2, 0.25) is 0 Å². The largest absolute Gasteiger partial charge is 0.395 e. The second kappa shape index (κ2) is 6.91. The summed E-state index contributed by atoms with van der Waals surface area (Å²) in [6, 6.07) is 11.2. The molecule has 1 aromatic rings. The topological polar surface area (TPSA) is 32.3 Å². The average molecular weight is 249 g/mol. The standard InChI is InChI=1S/C16H27NO/c1-5-15(12-18)17-13(2)11-16(3,4)14-9-7-6-8-10-14/h6-10,13,15,17-18H,5,11-12H2,1-4H3/t13?,15-/m0/s1. The lowest BCUT2D eigenvalue weighted by Crippen LogP contribution is -2.41. The lowest BCUT2D eigenvalue weighted by molar-refractivity contribution is 0.221. The predicted octanol–water partition coefficient (Wildman–Crippen LogP) is 3.10. The fraction of sp³-hybridized carbons (Fsp3) is 0.625. The van der Waals surface area contributed by atoms with Gasteiger partial charge in [-0.2, -0.15) is 0 Å². The van der Waals surface area contributed by atoms with E-state index in [0.717, 1.165) is 12.8 Å². The Morgan fingerprint density at radius 3 is 2.33 bits per heavy atom. The first-order valence-corrected chi connectivity index (χ1v) is 6.92. The van der Waals surface area contributed by atoms with E-state index in [2.05, 4.69) is 63.3 Å². The molecule has 0 heterocycles. The van der Waals surface area contributed by atoms with Crippen molar-refractivity contribution in [2.75, 3.05) is 6.61 Å². The molecule has 0 aliphatic heterocycles. The molecule has 2 nitrogen and oxygen atoms in total. The molecule has 2 heteroatoms. The maximum Gasteiger partial charge on any atom is 0.0584 e. The van der Waals surface area contributed by atoms with E-state index in [1.54, 1.807) is 0 Å². The van der Waals surface area contributed by atoms with E-state index in [1.807, 2.05) is 0 Å². The molecule has 0 saturated carbocycles. The smallest absolute Gasteiger partial charge is 0.0584 e. The maximum absolute atomic E-state index is 9.23. The molecule has 0 aliphatic rings. The fourth-order valence-corrected chi connectivity index (χ4v) is 2.53. The van der Waals surface area contributed by atoms with Crippen LogP contribution in [0.3, 0.4) is 0 Å². The maximum atomic E-state index is 9.23. The normalized spacial score (nSPS) is 15.4. The Labute approximate surface area is 111 Å². The van der Waals surface area contributed by atoms with E-state index in [1.165, 1.54) is 5.56 Å². The third-order valence-corrected chi connectivity index (χ3v) is 3.61. The molecule has 0 amide bonds. The van der Waals surface area contributed by atoms with Crippen LogP contribution >= 0.6 is 0 Å². The number of hydrogen-bond donors (Lipinski definition) is 2. The first-order valence-electron chi connectivity index (χ1n) is 6.92. The van der Waals surface area contributed by atoms with Crippen LogP contribution in [0.15, 0.2) is 30.3 Å². The van der Waals surface area contributed by atoms with Gasteiger partial charge in [0.15, 0.2) is 0 Å². The van der Waals surface area contributed by atoms with Gasteiger partial charge in [-0.25, -0.2) is 0 Å². The van der Waals surface area contributed by atoms with E-state index < -0.39 is 0 Å². The lowest BCUT2D eigenvalue weighted by Gasteiger charge is -2.31. The molecular weight excluding hydrogens is 222 g/mol. The highest BCUT2D eigenvalue weighted by atomic mass is 16.3. The third-order valence-electron chi connectivity index (χ3n) is 3.61. The van der Waals surface area contributed by atoms with Crippen LogP contribution in [0.4, 0.5) is 0 Å². The van der Waals surface area contributed by atoms with Gasteiger partial charge in [0, 0.05) is 12.1 Å². The number of nitrogens with one attached hydrogen (secondary N) is 1. The fourth-order valence-electron chi connectivity index (χ4n) is 2.53. The first-order chi connectivity index (χ1) is 8.49. The molecule has 2 N–H and O–H groups in total. The highest BCUT2D eigenvalue weighted by molar-refractivity contribution is 5.23. The number of aliphatic hydroxyl groups is 1. The molecule has 1 aromatic carbocycles. The van der Waals surface area contributed by atoms with Crippen LogP contribution in [0.5, 0.6) is 0 Å². The molecule has 0 aliphatic carbocycles. The molecule has 1 unspecified atom stereocenters. The molecule has 0 spiro atoms. The molecule has 0 fully saturated rings. The molecule has 1 rings (SSSR count). The van der Waals surface area contributed by atoms with Gasteiger partial charge < -0.3 is 10.4 Å². The van der Waals surface area contributed by atoms with Crippen LogP contribution in [-0.2, 0) is 5.41 Å². The van der Waals surface area contributed by atoms with E-state index >= 15 is 0 Å². The van der Waals surface area contributed by atoms with Gasteiger partial charge in [-0.15, -0.1) is 0 Å². The Hall–Kier alpha value is -0.860. The second-order valence-electron chi connectivity index (χ2n) is 5.81. The summed E-state index contributed by atoms with van der Waals surface area (Å²) < 4.78 is 0. The van der Waals surface area contributed by atoms with Crippen molar-refractivity contribution >= 4 is 0 Å². The van der Waals surface area contributed by atoms with E-state index in [9.17, 15) is 5.11 Å². The monoisotopic (exact) mass is 249 g/mol. The predicted molar refractivity (Wildman–Crippen MR) is 77.8 cm³/mol. The summed E-state index contributed by atoms with van der Waals surface area (Å²) in [6.07, 6.45) is 2.03. The van der Waals surface area contributed by atoms with Gasteiger partial charge in [0.1, 0.15) is 0 Å². The molecule has 0 saturated heterocycles.